The van der Waals surface area contributed by atoms with Gasteiger partial charge >= 0.3 is 5.69 Å². The smallest absolute Gasteiger partial charge is 0.348 e. The van der Waals surface area contributed by atoms with E-state index in [1.54, 1.807) is 23.2 Å². The van der Waals surface area contributed by atoms with Crippen molar-refractivity contribution in [1.82, 2.24) is 24.5 Å². The van der Waals surface area contributed by atoms with Gasteiger partial charge in [0.15, 0.2) is 5.58 Å². The molecule has 4 rings (SSSR count). The lowest BCUT2D eigenvalue weighted by molar-refractivity contribution is 0.588. The number of aryl methyl sites for hydroxylation is 1. The van der Waals surface area contributed by atoms with Gasteiger partial charge in [-0.2, -0.15) is 4.98 Å². The molecule has 0 amide bonds. The lowest BCUT2D eigenvalue weighted by Gasteiger charge is -2.08. The van der Waals surface area contributed by atoms with Crippen molar-refractivity contribution < 1.29 is 4.42 Å². The Morgan fingerprint density at radius 2 is 2.00 bits per heavy atom. The minimum atomic E-state index is -0.310. The van der Waals surface area contributed by atoms with Crippen molar-refractivity contribution in [2.24, 2.45) is 0 Å². The zero-order valence-corrected chi connectivity index (χ0v) is 15.7. The van der Waals surface area contributed by atoms with Gasteiger partial charge in [0.05, 0.1) is 5.39 Å². The van der Waals surface area contributed by atoms with Gasteiger partial charge in [0.25, 0.3) is 0 Å². The summed E-state index contributed by atoms with van der Waals surface area (Å²) in [5.74, 6) is 0. The van der Waals surface area contributed by atoms with E-state index >= 15 is 0 Å². The fourth-order valence-electron chi connectivity index (χ4n) is 3.02. The SMILES string of the molecule is CCCCCn1c(=O)nc(-c2cncnc2)c2oc3ncc(Br)cc3c21. The Kier molecular flexibility index (Phi) is 4.50. The molecule has 0 atom stereocenters. The fraction of sp³-hybridized carbons (Fsp3) is 0.278. The van der Waals surface area contributed by atoms with Crippen LogP contribution >= 0.6 is 15.9 Å². The molecular weight excluding hydrogens is 398 g/mol. The number of nitrogens with zero attached hydrogens (tertiary/aromatic N) is 5. The zero-order chi connectivity index (χ0) is 18.1. The van der Waals surface area contributed by atoms with E-state index in [9.17, 15) is 4.79 Å². The van der Waals surface area contributed by atoms with Crippen molar-refractivity contribution in [2.45, 2.75) is 32.7 Å². The summed E-state index contributed by atoms with van der Waals surface area (Å²) in [6.45, 7) is 2.71. The van der Waals surface area contributed by atoms with Crippen LogP contribution in [0.4, 0.5) is 0 Å². The maximum atomic E-state index is 12.8. The van der Waals surface area contributed by atoms with E-state index < -0.39 is 0 Å². The summed E-state index contributed by atoms with van der Waals surface area (Å²) in [6.07, 6.45) is 9.35. The normalized spacial score (nSPS) is 11.5. The second-order valence-corrected chi connectivity index (χ2v) is 6.93. The monoisotopic (exact) mass is 413 g/mol. The molecule has 0 saturated heterocycles. The predicted molar refractivity (Wildman–Crippen MR) is 102 cm³/mol. The van der Waals surface area contributed by atoms with E-state index in [1.807, 2.05) is 6.07 Å². The molecule has 4 aromatic heterocycles. The van der Waals surface area contributed by atoms with E-state index in [1.165, 1.54) is 6.33 Å². The molecule has 0 spiro atoms. The quantitative estimate of drug-likeness (QED) is 0.460. The van der Waals surface area contributed by atoms with Crippen LogP contribution in [0.2, 0.25) is 0 Å². The number of halogens is 1. The number of hydrogen-bond acceptors (Lipinski definition) is 6. The summed E-state index contributed by atoms with van der Waals surface area (Å²) in [7, 11) is 0. The molecule has 0 aromatic carbocycles. The zero-order valence-electron chi connectivity index (χ0n) is 14.1. The van der Waals surface area contributed by atoms with Crippen molar-refractivity contribution in [1.29, 1.82) is 0 Å². The number of rotatable bonds is 5. The molecule has 0 aliphatic heterocycles. The van der Waals surface area contributed by atoms with Gasteiger partial charge in [-0.1, -0.05) is 19.8 Å². The largest absolute Gasteiger partial charge is 0.434 e. The highest BCUT2D eigenvalue weighted by Gasteiger charge is 2.20. The van der Waals surface area contributed by atoms with Crippen LogP contribution in [-0.2, 0) is 6.54 Å². The van der Waals surface area contributed by atoms with Crippen molar-refractivity contribution in [3.63, 3.8) is 0 Å². The summed E-state index contributed by atoms with van der Waals surface area (Å²) < 4.78 is 8.49. The second-order valence-electron chi connectivity index (χ2n) is 6.01. The Morgan fingerprint density at radius 3 is 2.77 bits per heavy atom. The molecule has 4 aromatic rings. The molecule has 0 fully saturated rings. The minimum Gasteiger partial charge on any atom is -0.434 e. The van der Waals surface area contributed by atoms with E-state index in [4.69, 9.17) is 4.42 Å². The van der Waals surface area contributed by atoms with Crippen LogP contribution in [-0.4, -0.2) is 24.5 Å². The number of aromatic nitrogens is 5. The highest BCUT2D eigenvalue weighted by atomic mass is 79.9. The second kappa shape index (κ2) is 6.95. The van der Waals surface area contributed by atoms with Gasteiger partial charge in [0.1, 0.15) is 17.5 Å². The Morgan fingerprint density at radius 1 is 1.19 bits per heavy atom. The van der Waals surface area contributed by atoms with Gasteiger partial charge < -0.3 is 4.42 Å². The van der Waals surface area contributed by atoms with Gasteiger partial charge in [-0.05, 0) is 28.4 Å². The Bertz CT molecular complexity index is 1140. The maximum Gasteiger partial charge on any atom is 0.348 e. The Balaban J connectivity index is 2.05. The third-order valence-electron chi connectivity index (χ3n) is 4.23. The molecule has 0 N–H and O–H groups in total. The maximum absolute atomic E-state index is 12.8. The molecule has 0 aliphatic carbocycles. The Labute approximate surface area is 157 Å². The molecule has 132 valence electrons. The van der Waals surface area contributed by atoms with Gasteiger partial charge in [-0.3, -0.25) is 4.57 Å². The van der Waals surface area contributed by atoms with Crippen molar-refractivity contribution in [3.8, 4) is 11.3 Å². The topological polar surface area (TPSA) is 86.7 Å². The van der Waals surface area contributed by atoms with Crippen LogP contribution in [0.1, 0.15) is 26.2 Å². The molecule has 8 heteroatoms. The first-order chi connectivity index (χ1) is 12.7. The van der Waals surface area contributed by atoms with Gasteiger partial charge in [0.2, 0.25) is 5.71 Å². The van der Waals surface area contributed by atoms with E-state index in [0.29, 0.717) is 34.6 Å². The summed E-state index contributed by atoms with van der Waals surface area (Å²) >= 11 is 3.45. The van der Waals surface area contributed by atoms with Gasteiger partial charge in [0, 0.05) is 35.2 Å². The average Bonchev–Trinajstić information content (AvgIpc) is 3.02. The summed E-state index contributed by atoms with van der Waals surface area (Å²) in [5, 5.41) is 0.781. The molecular formula is C18H16BrN5O2. The molecule has 7 nitrogen and oxygen atoms in total. The van der Waals surface area contributed by atoms with Crippen LogP contribution in [0.5, 0.6) is 0 Å². The highest BCUT2D eigenvalue weighted by Crippen LogP contribution is 2.33. The number of fused-ring (bicyclic) bond motifs is 3. The lowest BCUT2D eigenvalue weighted by Crippen LogP contribution is -2.24. The van der Waals surface area contributed by atoms with Crippen LogP contribution in [0.15, 0.2) is 44.7 Å². The first-order valence-electron chi connectivity index (χ1n) is 8.43. The Hall–Kier alpha value is -2.61. The van der Waals surface area contributed by atoms with Gasteiger partial charge in [-0.25, -0.2) is 19.7 Å². The standard InChI is InChI=1S/C18H16BrN5O2/c1-2-3-4-5-24-15-13-6-12(19)9-22-17(13)26-16(15)14(23-18(24)25)11-7-20-10-21-8-11/h6-10H,2-5H2,1H3. The van der Waals surface area contributed by atoms with Crippen molar-refractivity contribution in [3.05, 3.63) is 45.9 Å². The molecule has 0 saturated carbocycles. The van der Waals surface area contributed by atoms with E-state index in [2.05, 4.69) is 42.8 Å². The van der Waals surface area contributed by atoms with Crippen LogP contribution < -0.4 is 5.69 Å². The molecule has 4 heterocycles. The molecule has 0 unspecified atom stereocenters. The van der Waals surface area contributed by atoms with Crippen LogP contribution in [0.25, 0.3) is 33.5 Å². The third kappa shape index (κ3) is 2.90. The number of unbranched alkanes of at least 4 members (excludes halogenated alkanes) is 2. The summed E-state index contributed by atoms with van der Waals surface area (Å²) in [4.78, 5) is 29.4. The molecule has 0 aliphatic rings. The van der Waals surface area contributed by atoms with E-state index in [0.717, 1.165) is 29.1 Å². The summed E-state index contributed by atoms with van der Waals surface area (Å²) in [5.41, 5.74) is 2.47. The summed E-state index contributed by atoms with van der Waals surface area (Å²) in [6, 6.07) is 1.91. The van der Waals surface area contributed by atoms with Crippen LogP contribution in [0.3, 0.4) is 0 Å². The first kappa shape index (κ1) is 16.8. The lowest BCUT2D eigenvalue weighted by atomic mass is 10.2. The number of pyridine rings is 1. The fourth-order valence-corrected chi connectivity index (χ4v) is 3.35. The number of hydrogen-bond donors (Lipinski definition) is 0. The first-order valence-corrected chi connectivity index (χ1v) is 9.22. The third-order valence-corrected chi connectivity index (χ3v) is 4.66. The molecule has 26 heavy (non-hydrogen) atoms. The molecule has 0 bridgehead atoms. The van der Waals surface area contributed by atoms with Crippen molar-refractivity contribution >= 4 is 38.1 Å². The predicted octanol–water partition coefficient (Wildman–Crippen LogP) is 3.95. The molecule has 0 radical (unpaired) electrons. The number of furan rings is 1. The minimum absolute atomic E-state index is 0.310. The average molecular weight is 414 g/mol. The highest BCUT2D eigenvalue weighted by molar-refractivity contribution is 9.10. The van der Waals surface area contributed by atoms with Crippen LogP contribution in [0, 0.1) is 0 Å². The van der Waals surface area contributed by atoms with Crippen molar-refractivity contribution in [2.75, 3.05) is 0 Å². The van der Waals surface area contributed by atoms with Gasteiger partial charge in [-0.15, -0.1) is 0 Å². The van der Waals surface area contributed by atoms with E-state index in [-0.39, 0.29) is 5.69 Å².